The molecule has 7 nitrogen and oxygen atoms in total. The third-order valence-corrected chi connectivity index (χ3v) is 3.66. The van der Waals surface area contributed by atoms with Crippen LogP contribution < -0.4 is 14.8 Å². The lowest BCUT2D eigenvalue weighted by Gasteiger charge is -2.13. The van der Waals surface area contributed by atoms with Crippen molar-refractivity contribution in [2.24, 2.45) is 0 Å². The Labute approximate surface area is 155 Å². The van der Waals surface area contributed by atoms with Crippen LogP contribution in [0.25, 0.3) is 11.3 Å². The number of amides is 1. The van der Waals surface area contributed by atoms with Crippen LogP contribution >= 0.6 is 0 Å². The molecule has 0 saturated heterocycles. The van der Waals surface area contributed by atoms with Crippen LogP contribution in [-0.4, -0.2) is 28.9 Å². The zero-order valence-electron chi connectivity index (χ0n) is 14.8. The number of nitrogens with zero attached hydrogens (tertiary/aromatic N) is 2. The van der Waals surface area contributed by atoms with E-state index < -0.39 is 12.0 Å². The Bertz CT molecular complexity index is 894. The maximum atomic E-state index is 12.9. The highest BCUT2D eigenvalue weighted by atomic mass is 19.1. The van der Waals surface area contributed by atoms with Gasteiger partial charge in [0.2, 0.25) is 5.82 Å². The average molecular weight is 371 g/mol. The largest absolute Gasteiger partial charge is 0.494 e. The van der Waals surface area contributed by atoms with Crippen molar-refractivity contribution in [3.05, 3.63) is 54.3 Å². The number of rotatable bonds is 7. The summed E-state index contributed by atoms with van der Waals surface area (Å²) in [4.78, 5) is 12.4. The number of hydrogen-bond acceptors (Lipinski definition) is 6. The number of carbonyl (C=O) groups is 1. The highest BCUT2D eigenvalue weighted by Gasteiger charge is 2.20. The second-order valence-electron chi connectivity index (χ2n) is 5.62. The zero-order valence-corrected chi connectivity index (χ0v) is 14.8. The molecule has 0 saturated carbocycles. The third kappa shape index (κ3) is 4.60. The summed E-state index contributed by atoms with van der Waals surface area (Å²) in [5.41, 5.74) is 1.10. The third-order valence-electron chi connectivity index (χ3n) is 3.66. The molecule has 1 aromatic heterocycles. The lowest BCUT2D eigenvalue weighted by atomic mass is 10.1. The van der Waals surface area contributed by atoms with Crippen LogP contribution in [0.5, 0.6) is 11.5 Å². The van der Waals surface area contributed by atoms with Gasteiger partial charge in [-0.05, 0) is 72.7 Å². The van der Waals surface area contributed by atoms with Gasteiger partial charge in [-0.1, -0.05) is 0 Å². The number of ether oxygens (including phenoxy) is 2. The van der Waals surface area contributed by atoms with Crippen LogP contribution in [0.3, 0.4) is 0 Å². The maximum Gasteiger partial charge on any atom is 0.266 e. The molecule has 0 aliphatic carbocycles. The van der Waals surface area contributed by atoms with Gasteiger partial charge in [0.25, 0.3) is 5.91 Å². The van der Waals surface area contributed by atoms with Gasteiger partial charge in [0.1, 0.15) is 17.3 Å². The highest BCUT2D eigenvalue weighted by Crippen LogP contribution is 2.26. The molecule has 27 heavy (non-hydrogen) atoms. The van der Waals surface area contributed by atoms with Gasteiger partial charge in [0.15, 0.2) is 11.8 Å². The molecule has 1 heterocycles. The molecule has 140 valence electrons. The first kappa shape index (κ1) is 18.4. The summed E-state index contributed by atoms with van der Waals surface area (Å²) in [6.07, 6.45) is -0.833. The molecule has 3 rings (SSSR count). The summed E-state index contributed by atoms with van der Waals surface area (Å²) in [5.74, 6) is 0.461. The highest BCUT2D eigenvalue weighted by molar-refractivity contribution is 5.95. The zero-order chi connectivity index (χ0) is 19.2. The van der Waals surface area contributed by atoms with Gasteiger partial charge in [-0.15, -0.1) is 0 Å². The summed E-state index contributed by atoms with van der Waals surface area (Å²) >= 11 is 0. The maximum absolute atomic E-state index is 12.9. The minimum absolute atomic E-state index is 0.179. The van der Waals surface area contributed by atoms with Crippen LogP contribution in [0.15, 0.2) is 53.2 Å². The van der Waals surface area contributed by atoms with Gasteiger partial charge in [-0.3, -0.25) is 4.79 Å². The Hall–Kier alpha value is -3.42. The summed E-state index contributed by atoms with van der Waals surface area (Å²) in [7, 11) is 0. The Morgan fingerprint density at radius 1 is 1.11 bits per heavy atom. The van der Waals surface area contributed by atoms with Gasteiger partial charge in [0, 0.05) is 5.56 Å². The molecule has 0 aliphatic heterocycles. The Balaban J connectivity index is 1.68. The average Bonchev–Trinajstić information content (AvgIpc) is 3.12. The van der Waals surface area contributed by atoms with Gasteiger partial charge >= 0.3 is 0 Å². The number of benzene rings is 2. The minimum Gasteiger partial charge on any atom is -0.494 e. The van der Waals surface area contributed by atoms with Crippen LogP contribution in [0.2, 0.25) is 0 Å². The van der Waals surface area contributed by atoms with E-state index in [0.29, 0.717) is 23.6 Å². The minimum atomic E-state index is -0.833. The molecule has 1 amide bonds. The van der Waals surface area contributed by atoms with Crippen molar-refractivity contribution in [2.75, 3.05) is 11.9 Å². The van der Waals surface area contributed by atoms with E-state index in [1.54, 1.807) is 31.2 Å². The number of hydrogen-bond donors (Lipinski definition) is 1. The predicted molar refractivity (Wildman–Crippen MR) is 96.0 cm³/mol. The standard InChI is InChI=1S/C19H18FN3O4/c1-3-25-15-8-4-13(5-9-15)17-18(23-27-22-17)21-19(24)12(2)26-16-10-6-14(20)7-11-16/h4-12H,3H2,1-2H3,(H,21,23,24). The van der Waals surface area contributed by atoms with Crippen LogP contribution in [-0.2, 0) is 4.79 Å². The Morgan fingerprint density at radius 3 is 2.44 bits per heavy atom. The number of carbonyl (C=O) groups excluding carboxylic acids is 1. The van der Waals surface area contributed by atoms with Gasteiger partial charge in [0.05, 0.1) is 6.61 Å². The van der Waals surface area contributed by atoms with Crippen molar-refractivity contribution in [1.82, 2.24) is 10.3 Å². The second-order valence-corrected chi connectivity index (χ2v) is 5.62. The molecule has 1 unspecified atom stereocenters. The van der Waals surface area contributed by atoms with Crippen molar-refractivity contribution in [3.63, 3.8) is 0 Å². The van der Waals surface area contributed by atoms with E-state index in [9.17, 15) is 9.18 Å². The SMILES string of the molecule is CCOc1ccc(-c2nonc2NC(=O)C(C)Oc2ccc(F)cc2)cc1. The summed E-state index contributed by atoms with van der Waals surface area (Å²) < 4.78 is 28.6. The summed E-state index contributed by atoms with van der Waals surface area (Å²) in [6.45, 7) is 4.04. The van der Waals surface area contributed by atoms with E-state index in [1.807, 2.05) is 6.92 Å². The smallest absolute Gasteiger partial charge is 0.266 e. The van der Waals surface area contributed by atoms with Crippen LogP contribution in [0.1, 0.15) is 13.8 Å². The molecule has 0 bridgehead atoms. The lowest BCUT2D eigenvalue weighted by Crippen LogP contribution is -2.30. The molecule has 0 spiro atoms. The number of halogens is 1. The molecule has 3 aromatic rings. The van der Waals surface area contributed by atoms with E-state index in [0.717, 1.165) is 5.75 Å². The van der Waals surface area contributed by atoms with Crippen LogP contribution in [0.4, 0.5) is 10.2 Å². The number of anilines is 1. The molecular weight excluding hydrogens is 353 g/mol. The molecule has 8 heteroatoms. The topological polar surface area (TPSA) is 86.5 Å². The number of nitrogens with one attached hydrogen (secondary N) is 1. The molecular formula is C19H18FN3O4. The first-order valence-electron chi connectivity index (χ1n) is 8.35. The Morgan fingerprint density at radius 2 is 1.78 bits per heavy atom. The van der Waals surface area contributed by atoms with E-state index in [-0.39, 0.29) is 11.6 Å². The summed E-state index contributed by atoms with van der Waals surface area (Å²) in [6, 6.07) is 12.6. The fourth-order valence-corrected chi connectivity index (χ4v) is 2.32. The van der Waals surface area contributed by atoms with E-state index in [1.165, 1.54) is 24.3 Å². The van der Waals surface area contributed by atoms with E-state index in [2.05, 4.69) is 15.6 Å². The predicted octanol–water partition coefficient (Wildman–Crippen LogP) is 3.68. The van der Waals surface area contributed by atoms with Crippen molar-refractivity contribution in [1.29, 1.82) is 0 Å². The molecule has 1 N–H and O–H groups in total. The molecule has 1 atom stereocenters. The van der Waals surface area contributed by atoms with Gasteiger partial charge in [-0.2, -0.15) is 0 Å². The first-order chi connectivity index (χ1) is 13.1. The van der Waals surface area contributed by atoms with E-state index in [4.69, 9.17) is 14.1 Å². The molecule has 0 fully saturated rings. The van der Waals surface area contributed by atoms with Crippen molar-refractivity contribution in [3.8, 4) is 22.8 Å². The van der Waals surface area contributed by atoms with Crippen molar-refractivity contribution >= 4 is 11.7 Å². The lowest BCUT2D eigenvalue weighted by molar-refractivity contribution is -0.122. The van der Waals surface area contributed by atoms with Crippen molar-refractivity contribution in [2.45, 2.75) is 20.0 Å². The normalized spacial score (nSPS) is 11.7. The summed E-state index contributed by atoms with van der Waals surface area (Å²) in [5, 5.41) is 10.2. The Kier molecular flexibility index (Phi) is 5.65. The quantitative estimate of drug-likeness (QED) is 0.682. The van der Waals surface area contributed by atoms with Crippen LogP contribution in [0, 0.1) is 5.82 Å². The van der Waals surface area contributed by atoms with Crippen molar-refractivity contribution < 1.29 is 23.3 Å². The van der Waals surface area contributed by atoms with Gasteiger partial charge < -0.3 is 14.8 Å². The second kappa shape index (κ2) is 8.31. The van der Waals surface area contributed by atoms with E-state index >= 15 is 0 Å². The molecule has 0 radical (unpaired) electrons. The first-order valence-corrected chi connectivity index (χ1v) is 8.35. The van der Waals surface area contributed by atoms with Gasteiger partial charge in [-0.25, -0.2) is 9.02 Å². The molecule has 2 aromatic carbocycles. The fourth-order valence-electron chi connectivity index (χ4n) is 2.32. The molecule has 0 aliphatic rings. The monoisotopic (exact) mass is 371 g/mol. The fraction of sp³-hybridized carbons (Fsp3) is 0.211. The number of aromatic nitrogens is 2.